The van der Waals surface area contributed by atoms with E-state index in [1.165, 1.54) is 0 Å². The summed E-state index contributed by atoms with van der Waals surface area (Å²) in [7, 11) is 0. The van der Waals surface area contributed by atoms with Crippen molar-refractivity contribution >= 4 is 5.82 Å². The van der Waals surface area contributed by atoms with Gasteiger partial charge in [0.05, 0.1) is 5.56 Å². The molecule has 84 valence electrons. The Balaban J connectivity index is 3.13. The summed E-state index contributed by atoms with van der Waals surface area (Å²) in [5.41, 5.74) is 6.30. The van der Waals surface area contributed by atoms with Gasteiger partial charge < -0.3 is 10.7 Å². The van der Waals surface area contributed by atoms with Crippen molar-refractivity contribution in [2.24, 2.45) is 0 Å². The lowest BCUT2D eigenvalue weighted by molar-refractivity contribution is 0.671. The van der Waals surface area contributed by atoms with E-state index in [0.29, 0.717) is 23.6 Å². The Hall–Kier alpha value is -1.32. The van der Waals surface area contributed by atoms with Gasteiger partial charge in [-0.3, -0.25) is 4.79 Å². The summed E-state index contributed by atoms with van der Waals surface area (Å²) in [6.45, 7) is 6.10. The fourth-order valence-corrected chi connectivity index (χ4v) is 1.45. The summed E-state index contributed by atoms with van der Waals surface area (Å²) in [6.07, 6.45) is 2.53. The minimum absolute atomic E-state index is 0.0837. The maximum atomic E-state index is 11.7. The number of nitrogen functional groups attached to an aromatic ring is 1. The Labute approximate surface area is 89.9 Å². The second-order valence-corrected chi connectivity index (χ2v) is 3.87. The molecule has 3 N–H and O–H groups in total. The zero-order valence-corrected chi connectivity index (χ0v) is 9.63. The van der Waals surface area contributed by atoms with Gasteiger partial charge in [0.15, 0.2) is 0 Å². The van der Waals surface area contributed by atoms with E-state index >= 15 is 0 Å². The average molecular weight is 209 g/mol. The minimum atomic E-state index is -0.0837. The highest BCUT2D eigenvalue weighted by molar-refractivity contribution is 5.37. The molecule has 0 saturated carbocycles. The number of hydrogen-bond acceptors (Lipinski definition) is 3. The van der Waals surface area contributed by atoms with Gasteiger partial charge in [-0.1, -0.05) is 27.2 Å². The van der Waals surface area contributed by atoms with Crippen LogP contribution >= 0.6 is 0 Å². The topological polar surface area (TPSA) is 71.8 Å². The minimum Gasteiger partial charge on any atom is -0.383 e. The van der Waals surface area contributed by atoms with Gasteiger partial charge in [-0.05, 0) is 12.8 Å². The maximum Gasteiger partial charge on any atom is 0.256 e. The van der Waals surface area contributed by atoms with Crippen molar-refractivity contribution in [1.82, 2.24) is 9.97 Å². The number of nitrogens with two attached hydrogens (primary N) is 1. The molecule has 0 fully saturated rings. The van der Waals surface area contributed by atoms with Gasteiger partial charge >= 0.3 is 0 Å². The van der Waals surface area contributed by atoms with E-state index in [1.807, 2.05) is 13.8 Å². The van der Waals surface area contributed by atoms with Crippen molar-refractivity contribution in [3.8, 4) is 0 Å². The monoisotopic (exact) mass is 209 g/mol. The average Bonchev–Trinajstić information content (AvgIpc) is 2.22. The van der Waals surface area contributed by atoms with Crippen molar-refractivity contribution < 1.29 is 0 Å². The van der Waals surface area contributed by atoms with Crippen LogP contribution in [0, 0.1) is 0 Å². The molecule has 0 radical (unpaired) electrons. The number of hydrogen-bond donors (Lipinski definition) is 2. The lowest BCUT2D eigenvalue weighted by atomic mass is 10.1. The predicted molar refractivity (Wildman–Crippen MR) is 62.0 cm³/mol. The van der Waals surface area contributed by atoms with Crippen LogP contribution in [0.4, 0.5) is 5.82 Å². The summed E-state index contributed by atoms with van der Waals surface area (Å²) in [6, 6.07) is 0. The molecule has 0 saturated heterocycles. The van der Waals surface area contributed by atoms with Crippen molar-refractivity contribution in [2.75, 3.05) is 5.73 Å². The SMILES string of the molecule is CCCc1c(N)nc(C(C)CC)[nH]c1=O. The van der Waals surface area contributed by atoms with Gasteiger partial charge in [0.2, 0.25) is 0 Å². The van der Waals surface area contributed by atoms with Crippen molar-refractivity contribution in [2.45, 2.75) is 46.0 Å². The molecule has 0 aliphatic rings. The molecule has 15 heavy (non-hydrogen) atoms. The van der Waals surface area contributed by atoms with E-state index in [0.717, 1.165) is 12.8 Å². The van der Waals surface area contributed by atoms with Gasteiger partial charge in [0, 0.05) is 5.92 Å². The Bertz CT molecular complexity index is 384. The Morgan fingerprint density at radius 2 is 2.13 bits per heavy atom. The molecule has 0 aliphatic heterocycles. The second kappa shape index (κ2) is 4.96. The molecule has 0 aromatic carbocycles. The van der Waals surface area contributed by atoms with Crippen LogP contribution in [0.2, 0.25) is 0 Å². The number of H-pyrrole nitrogens is 1. The van der Waals surface area contributed by atoms with Crippen molar-refractivity contribution in [3.63, 3.8) is 0 Å². The van der Waals surface area contributed by atoms with Gasteiger partial charge in [0.1, 0.15) is 11.6 Å². The first-order valence-electron chi connectivity index (χ1n) is 5.48. The van der Waals surface area contributed by atoms with E-state index in [2.05, 4.69) is 16.9 Å². The van der Waals surface area contributed by atoms with Crippen LogP contribution in [-0.4, -0.2) is 9.97 Å². The fraction of sp³-hybridized carbons (Fsp3) is 0.636. The zero-order chi connectivity index (χ0) is 11.4. The van der Waals surface area contributed by atoms with Gasteiger partial charge in [-0.25, -0.2) is 4.98 Å². The summed E-state index contributed by atoms with van der Waals surface area (Å²) in [5, 5.41) is 0. The molecular weight excluding hydrogens is 190 g/mol. The maximum absolute atomic E-state index is 11.7. The molecule has 4 nitrogen and oxygen atoms in total. The quantitative estimate of drug-likeness (QED) is 0.794. The van der Waals surface area contributed by atoms with Crippen LogP contribution < -0.4 is 11.3 Å². The standard InChI is InChI=1S/C11H19N3O/c1-4-6-8-9(12)13-10(7(3)5-2)14-11(8)15/h7H,4-6H2,1-3H3,(H3,12,13,14,15). The Morgan fingerprint density at radius 1 is 1.47 bits per heavy atom. The molecule has 4 heteroatoms. The number of rotatable bonds is 4. The normalized spacial score (nSPS) is 12.7. The number of anilines is 1. The highest BCUT2D eigenvalue weighted by atomic mass is 16.1. The molecule has 0 aliphatic carbocycles. The molecule has 1 unspecified atom stereocenters. The van der Waals surface area contributed by atoms with Crippen LogP contribution in [0.15, 0.2) is 4.79 Å². The first-order valence-corrected chi connectivity index (χ1v) is 5.48. The largest absolute Gasteiger partial charge is 0.383 e. The Kier molecular flexibility index (Phi) is 3.88. The molecule has 0 bridgehead atoms. The highest BCUT2D eigenvalue weighted by Gasteiger charge is 2.11. The highest BCUT2D eigenvalue weighted by Crippen LogP contribution is 2.15. The summed E-state index contributed by atoms with van der Waals surface area (Å²) >= 11 is 0. The van der Waals surface area contributed by atoms with E-state index < -0.39 is 0 Å². The predicted octanol–water partition coefficient (Wildman–Crippen LogP) is 1.82. The zero-order valence-electron chi connectivity index (χ0n) is 9.63. The van der Waals surface area contributed by atoms with Gasteiger partial charge in [-0.15, -0.1) is 0 Å². The summed E-state index contributed by atoms with van der Waals surface area (Å²) in [5.74, 6) is 1.33. The Morgan fingerprint density at radius 3 is 2.60 bits per heavy atom. The summed E-state index contributed by atoms with van der Waals surface area (Å²) in [4.78, 5) is 18.7. The number of aromatic nitrogens is 2. The van der Waals surface area contributed by atoms with E-state index in [1.54, 1.807) is 0 Å². The first-order chi connectivity index (χ1) is 7.10. The molecule has 1 heterocycles. The van der Waals surface area contributed by atoms with Crippen LogP contribution in [0.3, 0.4) is 0 Å². The molecule has 1 aromatic rings. The molecule has 1 atom stereocenters. The van der Waals surface area contributed by atoms with Crippen LogP contribution in [-0.2, 0) is 6.42 Å². The lowest BCUT2D eigenvalue weighted by Crippen LogP contribution is -2.20. The molecule has 0 amide bonds. The van der Waals surface area contributed by atoms with Crippen LogP contribution in [0.25, 0.3) is 0 Å². The molecule has 1 aromatic heterocycles. The third-order valence-electron chi connectivity index (χ3n) is 2.64. The van der Waals surface area contributed by atoms with Gasteiger partial charge in [-0.2, -0.15) is 0 Å². The lowest BCUT2D eigenvalue weighted by Gasteiger charge is -2.10. The fourth-order valence-electron chi connectivity index (χ4n) is 1.45. The first kappa shape index (κ1) is 11.8. The molecule has 1 rings (SSSR count). The van der Waals surface area contributed by atoms with Gasteiger partial charge in [0.25, 0.3) is 5.56 Å². The van der Waals surface area contributed by atoms with Crippen LogP contribution in [0.5, 0.6) is 0 Å². The molecule has 0 spiro atoms. The van der Waals surface area contributed by atoms with Crippen molar-refractivity contribution in [3.05, 3.63) is 21.7 Å². The summed E-state index contributed by atoms with van der Waals surface area (Å²) < 4.78 is 0. The molecular formula is C11H19N3O. The van der Waals surface area contributed by atoms with E-state index in [-0.39, 0.29) is 11.5 Å². The van der Waals surface area contributed by atoms with Crippen LogP contribution in [0.1, 0.15) is 50.9 Å². The van der Waals surface area contributed by atoms with E-state index in [9.17, 15) is 4.79 Å². The number of nitrogens with zero attached hydrogens (tertiary/aromatic N) is 1. The third kappa shape index (κ3) is 2.58. The second-order valence-electron chi connectivity index (χ2n) is 3.87. The third-order valence-corrected chi connectivity index (χ3v) is 2.64. The number of aromatic amines is 1. The van der Waals surface area contributed by atoms with E-state index in [4.69, 9.17) is 5.73 Å². The number of nitrogens with one attached hydrogen (secondary N) is 1. The van der Waals surface area contributed by atoms with Crippen molar-refractivity contribution in [1.29, 1.82) is 0 Å². The smallest absolute Gasteiger partial charge is 0.256 e.